The quantitative estimate of drug-likeness (QED) is 0.760. The number of carbonyl (C=O) groups is 1. The van der Waals surface area contributed by atoms with Crippen LogP contribution in [0.25, 0.3) is 11.1 Å². The van der Waals surface area contributed by atoms with Gasteiger partial charge in [-0.1, -0.05) is 6.07 Å². The Hall–Kier alpha value is -2.25. The maximum absolute atomic E-state index is 12.5. The summed E-state index contributed by atoms with van der Waals surface area (Å²) in [5.41, 5.74) is 8.20. The largest absolute Gasteiger partial charge is 0.493 e. The van der Waals surface area contributed by atoms with Crippen LogP contribution in [-0.2, 0) is 11.3 Å². The van der Waals surface area contributed by atoms with Crippen molar-refractivity contribution in [3.05, 3.63) is 28.6 Å². The molecule has 0 unspecified atom stereocenters. The number of nitrogens with two attached hydrogens (primary N) is 1. The van der Waals surface area contributed by atoms with Crippen LogP contribution in [0.5, 0.6) is 11.5 Å². The zero-order valence-corrected chi connectivity index (χ0v) is 16.0. The number of nitrogens with zero attached hydrogens (tertiary/aromatic N) is 1. The molecule has 7 heteroatoms. The second-order valence-corrected chi connectivity index (χ2v) is 6.80. The standard InChI is InChI=1S/C18H24N2O4S/c1-6-24-18(21)16-15(14(10-20(2)3)25-17(16)19)11-7-8-12(22-4)13(9-11)23-5/h7-9H,6,10,19H2,1-5H3. The molecule has 1 aromatic carbocycles. The highest BCUT2D eigenvalue weighted by molar-refractivity contribution is 7.17. The SMILES string of the molecule is CCOC(=O)c1c(N)sc(CN(C)C)c1-c1ccc(OC)c(OC)c1. The Labute approximate surface area is 152 Å². The summed E-state index contributed by atoms with van der Waals surface area (Å²) in [6.07, 6.45) is 0. The molecule has 2 N–H and O–H groups in total. The Morgan fingerprint density at radius 3 is 2.44 bits per heavy atom. The fourth-order valence-corrected chi connectivity index (χ4v) is 3.80. The van der Waals surface area contributed by atoms with Crippen LogP contribution in [0.2, 0.25) is 0 Å². The van der Waals surface area contributed by atoms with Gasteiger partial charge in [0.1, 0.15) is 10.6 Å². The summed E-state index contributed by atoms with van der Waals surface area (Å²) in [5.74, 6) is 0.808. The number of carbonyl (C=O) groups excluding carboxylic acids is 1. The van der Waals surface area contributed by atoms with E-state index in [1.165, 1.54) is 11.3 Å². The van der Waals surface area contributed by atoms with Crippen LogP contribution >= 0.6 is 11.3 Å². The lowest BCUT2D eigenvalue weighted by Gasteiger charge is -2.14. The molecular formula is C18H24N2O4S. The molecule has 0 fully saturated rings. The minimum atomic E-state index is -0.411. The van der Waals surface area contributed by atoms with Crippen LogP contribution in [0, 0.1) is 0 Å². The molecule has 1 aromatic heterocycles. The second kappa shape index (κ2) is 8.22. The van der Waals surface area contributed by atoms with E-state index in [9.17, 15) is 4.79 Å². The van der Waals surface area contributed by atoms with E-state index >= 15 is 0 Å². The van der Waals surface area contributed by atoms with Gasteiger partial charge < -0.3 is 24.8 Å². The molecule has 2 aromatic rings. The Balaban J connectivity index is 2.66. The first kappa shape index (κ1) is 19.1. The summed E-state index contributed by atoms with van der Waals surface area (Å²) >= 11 is 1.40. The van der Waals surface area contributed by atoms with Gasteiger partial charge in [-0.15, -0.1) is 11.3 Å². The van der Waals surface area contributed by atoms with Crippen molar-refractivity contribution in [3.8, 4) is 22.6 Å². The highest BCUT2D eigenvalue weighted by Crippen LogP contribution is 2.42. The van der Waals surface area contributed by atoms with Crippen molar-refractivity contribution < 1.29 is 19.0 Å². The molecule has 0 aliphatic heterocycles. The Bertz CT molecular complexity index is 756. The second-order valence-electron chi connectivity index (χ2n) is 5.67. The molecule has 0 saturated carbocycles. The topological polar surface area (TPSA) is 74.0 Å². The molecule has 136 valence electrons. The number of hydrogen-bond donors (Lipinski definition) is 1. The Kier molecular flexibility index (Phi) is 6.27. The van der Waals surface area contributed by atoms with Crippen molar-refractivity contribution in [1.82, 2.24) is 4.90 Å². The third kappa shape index (κ3) is 4.05. The molecule has 25 heavy (non-hydrogen) atoms. The van der Waals surface area contributed by atoms with Gasteiger partial charge in [0, 0.05) is 17.0 Å². The van der Waals surface area contributed by atoms with E-state index in [4.69, 9.17) is 19.9 Å². The van der Waals surface area contributed by atoms with Crippen molar-refractivity contribution in [2.24, 2.45) is 0 Å². The molecule has 0 amide bonds. The summed E-state index contributed by atoms with van der Waals surface area (Å²) in [6, 6.07) is 5.56. The lowest BCUT2D eigenvalue weighted by atomic mass is 10.00. The van der Waals surface area contributed by atoms with Gasteiger partial charge in [-0.2, -0.15) is 0 Å². The van der Waals surface area contributed by atoms with Gasteiger partial charge in [0.15, 0.2) is 11.5 Å². The predicted octanol–water partition coefficient (Wildman–Crippen LogP) is 3.25. The summed E-state index contributed by atoms with van der Waals surface area (Å²) in [4.78, 5) is 15.5. The number of rotatable bonds is 7. The zero-order valence-electron chi connectivity index (χ0n) is 15.2. The highest BCUT2D eigenvalue weighted by Gasteiger charge is 2.25. The summed E-state index contributed by atoms with van der Waals surface area (Å²) < 4.78 is 15.9. The first-order chi connectivity index (χ1) is 11.9. The summed E-state index contributed by atoms with van der Waals surface area (Å²) in [6.45, 7) is 2.73. The van der Waals surface area contributed by atoms with E-state index in [-0.39, 0.29) is 0 Å². The maximum Gasteiger partial charge on any atom is 0.341 e. The van der Waals surface area contributed by atoms with Crippen LogP contribution in [0.4, 0.5) is 5.00 Å². The molecule has 0 atom stereocenters. The molecule has 0 aliphatic rings. The smallest absolute Gasteiger partial charge is 0.341 e. The predicted molar refractivity (Wildman–Crippen MR) is 101 cm³/mol. The number of benzene rings is 1. The third-order valence-corrected chi connectivity index (χ3v) is 4.62. The molecule has 0 spiro atoms. The van der Waals surface area contributed by atoms with Crippen LogP contribution < -0.4 is 15.2 Å². The molecule has 1 heterocycles. The van der Waals surface area contributed by atoms with Crippen molar-refractivity contribution in [1.29, 1.82) is 0 Å². The normalized spacial score (nSPS) is 10.8. The number of thiophene rings is 1. The number of nitrogen functional groups attached to an aromatic ring is 1. The van der Waals surface area contributed by atoms with E-state index in [2.05, 4.69) is 0 Å². The van der Waals surface area contributed by atoms with Crippen LogP contribution in [0.1, 0.15) is 22.2 Å². The minimum Gasteiger partial charge on any atom is -0.493 e. The molecule has 0 bridgehead atoms. The Morgan fingerprint density at radius 1 is 1.20 bits per heavy atom. The van der Waals surface area contributed by atoms with Gasteiger partial charge in [-0.3, -0.25) is 0 Å². The highest BCUT2D eigenvalue weighted by atomic mass is 32.1. The minimum absolute atomic E-state index is 0.294. The lowest BCUT2D eigenvalue weighted by Crippen LogP contribution is -2.11. The lowest BCUT2D eigenvalue weighted by molar-refractivity contribution is 0.0529. The third-order valence-electron chi connectivity index (χ3n) is 3.62. The Morgan fingerprint density at radius 2 is 1.88 bits per heavy atom. The molecule has 0 saturated heterocycles. The van der Waals surface area contributed by atoms with E-state index in [0.717, 1.165) is 16.0 Å². The van der Waals surface area contributed by atoms with Crippen LogP contribution in [0.15, 0.2) is 18.2 Å². The van der Waals surface area contributed by atoms with Gasteiger partial charge in [0.2, 0.25) is 0 Å². The van der Waals surface area contributed by atoms with Crippen molar-refractivity contribution >= 4 is 22.3 Å². The first-order valence-electron chi connectivity index (χ1n) is 7.88. The van der Waals surface area contributed by atoms with Crippen molar-refractivity contribution in [3.63, 3.8) is 0 Å². The summed E-state index contributed by atoms with van der Waals surface area (Å²) in [7, 11) is 7.11. The van der Waals surface area contributed by atoms with Crippen LogP contribution in [0.3, 0.4) is 0 Å². The average molecular weight is 364 g/mol. The fourth-order valence-electron chi connectivity index (χ4n) is 2.60. The number of ether oxygens (including phenoxy) is 3. The number of methoxy groups -OCH3 is 2. The van der Waals surface area contributed by atoms with Crippen molar-refractivity contribution in [2.75, 3.05) is 40.7 Å². The summed E-state index contributed by atoms with van der Waals surface area (Å²) in [5, 5.41) is 0.458. The number of anilines is 1. The molecular weight excluding hydrogens is 340 g/mol. The van der Waals surface area contributed by atoms with E-state index in [1.54, 1.807) is 21.1 Å². The van der Waals surface area contributed by atoms with E-state index < -0.39 is 5.97 Å². The first-order valence-corrected chi connectivity index (χ1v) is 8.69. The fraction of sp³-hybridized carbons (Fsp3) is 0.389. The maximum atomic E-state index is 12.5. The number of hydrogen-bond acceptors (Lipinski definition) is 7. The van der Waals surface area contributed by atoms with Gasteiger partial charge in [0.25, 0.3) is 0 Å². The molecule has 6 nitrogen and oxygen atoms in total. The van der Waals surface area contributed by atoms with E-state index in [0.29, 0.717) is 35.2 Å². The van der Waals surface area contributed by atoms with Gasteiger partial charge in [-0.25, -0.2) is 4.79 Å². The molecule has 0 aliphatic carbocycles. The monoisotopic (exact) mass is 364 g/mol. The van der Waals surface area contributed by atoms with E-state index in [1.807, 2.05) is 37.2 Å². The van der Waals surface area contributed by atoms with Gasteiger partial charge in [0.05, 0.1) is 20.8 Å². The number of esters is 1. The van der Waals surface area contributed by atoms with Crippen molar-refractivity contribution in [2.45, 2.75) is 13.5 Å². The molecule has 2 rings (SSSR count). The average Bonchev–Trinajstić information content (AvgIpc) is 2.89. The molecule has 0 radical (unpaired) electrons. The van der Waals surface area contributed by atoms with Gasteiger partial charge >= 0.3 is 5.97 Å². The van der Waals surface area contributed by atoms with Gasteiger partial charge in [-0.05, 0) is 38.7 Å². The zero-order chi connectivity index (χ0) is 18.6. The van der Waals surface area contributed by atoms with Crippen LogP contribution in [-0.4, -0.2) is 45.8 Å².